The molecule has 2 N–H and O–H groups in total. The van der Waals surface area contributed by atoms with Gasteiger partial charge < -0.3 is 10.4 Å². The van der Waals surface area contributed by atoms with Crippen LogP contribution in [0.2, 0.25) is 0 Å². The first-order chi connectivity index (χ1) is 9.85. The Morgan fingerprint density at radius 2 is 2.05 bits per heavy atom. The SMILES string of the molecule is CCS(=O)(=O)c1cccc(C(=O)NC(C(=O)O)C2CC2)c1. The number of benzene rings is 1. The number of hydrogen-bond donors (Lipinski definition) is 2. The van der Waals surface area contributed by atoms with E-state index in [-0.39, 0.29) is 22.1 Å². The molecule has 1 aromatic carbocycles. The molecule has 1 aliphatic rings. The van der Waals surface area contributed by atoms with Gasteiger partial charge in [-0.3, -0.25) is 4.79 Å². The third-order valence-electron chi connectivity index (χ3n) is 3.48. The van der Waals surface area contributed by atoms with Crippen LogP contribution in [0.5, 0.6) is 0 Å². The first kappa shape index (κ1) is 15.5. The summed E-state index contributed by atoms with van der Waals surface area (Å²) in [5, 5.41) is 11.5. The normalized spacial score (nSPS) is 16.2. The Balaban J connectivity index is 2.20. The maximum Gasteiger partial charge on any atom is 0.326 e. The van der Waals surface area contributed by atoms with Crippen molar-refractivity contribution in [1.29, 1.82) is 0 Å². The molecule has 0 bridgehead atoms. The Morgan fingerprint density at radius 3 is 2.57 bits per heavy atom. The average Bonchev–Trinajstić information content (AvgIpc) is 3.28. The number of carboxylic acids is 1. The first-order valence-electron chi connectivity index (χ1n) is 6.71. The number of carbonyl (C=O) groups is 2. The van der Waals surface area contributed by atoms with Gasteiger partial charge in [-0.25, -0.2) is 13.2 Å². The number of carboxylic acid groups (broad SMARTS) is 1. The number of sulfone groups is 1. The number of amides is 1. The lowest BCUT2D eigenvalue weighted by molar-refractivity contribution is -0.139. The van der Waals surface area contributed by atoms with Crippen LogP contribution < -0.4 is 5.32 Å². The lowest BCUT2D eigenvalue weighted by atomic mass is 10.1. The van der Waals surface area contributed by atoms with Gasteiger partial charge in [-0.2, -0.15) is 0 Å². The van der Waals surface area contributed by atoms with Crippen molar-refractivity contribution in [2.75, 3.05) is 5.75 Å². The highest BCUT2D eigenvalue weighted by Gasteiger charge is 2.37. The number of carbonyl (C=O) groups excluding carboxylic acids is 1. The molecule has 114 valence electrons. The summed E-state index contributed by atoms with van der Waals surface area (Å²) < 4.78 is 23.6. The van der Waals surface area contributed by atoms with Crippen LogP contribution in [0, 0.1) is 5.92 Å². The molecule has 1 amide bonds. The second kappa shape index (κ2) is 5.85. The fourth-order valence-electron chi connectivity index (χ4n) is 2.03. The van der Waals surface area contributed by atoms with Gasteiger partial charge in [-0.15, -0.1) is 0 Å². The first-order valence-corrected chi connectivity index (χ1v) is 8.37. The molecule has 21 heavy (non-hydrogen) atoms. The maximum atomic E-state index is 12.1. The Morgan fingerprint density at radius 1 is 1.38 bits per heavy atom. The molecule has 1 aromatic rings. The highest BCUT2D eigenvalue weighted by Crippen LogP contribution is 2.32. The number of nitrogens with one attached hydrogen (secondary N) is 1. The zero-order valence-electron chi connectivity index (χ0n) is 11.6. The molecule has 0 aromatic heterocycles. The van der Waals surface area contributed by atoms with Crippen molar-refractivity contribution in [1.82, 2.24) is 5.32 Å². The van der Waals surface area contributed by atoms with Gasteiger partial charge in [0.05, 0.1) is 10.6 Å². The van der Waals surface area contributed by atoms with Crippen molar-refractivity contribution < 1.29 is 23.1 Å². The topological polar surface area (TPSA) is 101 Å². The largest absolute Gasteiger partial charge is 0.480 e. The minimum absolute atomic E-state index is 0.0333. The van der Waals surface area contributed by atoms with Crippen molar-refractivity contribution >= 4 is 21.7 Å². The molecule has 0 spiro atoms. The highest BCUT2D eigenvalue weighted by atomic mass is 32.2. The standard InChI is InChI=1S/C14H17NO5S/c1-2-21(19,20)11-5-3-4-10(8-11)13(16)15-12(14(17)18)9-6-7-9/h3-5,8-9,12H,2,6-7H2,1H3,(H,15,16)(H,17,18). The van der Waals surface area contributed by atoms with Crippen molar-refractivity contribution in [2.24, 2.45) is 5.92 Å². The smallest absolute Gasteiger partial charge is 0.326 e. The molecule has 1 aliphatic carbocycles. The molecule has 1 saturated carbocycles. The minimum atomic E-state index is -3.40. The number of hydrogen-bond acceptors (Lipinski definition) is 4. The lowest BCUT2D eigenvalue weighted by Gasteiger charge is -2.14. The van der Waals surface area contributed by atoms with Gasteiger partial charge in [-0.05, 0) is 37.0 Å². The molecule has 0 heterocycles. The van der Waals surface area contributed by atoms with Crippen LogP contribution in [-0.2, 0) is 14.6 Å². The van der Waals surface area contributed by atoms with Crippen molar-refractivity contribution in [3.05, 3.63) is 29.8 Å². The van der Waals surface area contributed by atoms with E-state index >= 15 is 0 Å². The van der Waals surface area contributed by atoms with Crippen LogP contribution >= 0.6 is 0 Å². The predicted octanol–water partition coefficient (Wildman–Crippen LogP) is 1.07. The van der Waals surface area contributed by atoms with Crippen molar-refractivity contribution in [2.45, 2.75) is 30.7 Å². The zero-order valence-corrected chi connectivity index (χ0v) is 12.4. The van der Waals surface area contributed by atoms with Crippen LogP contribution in [0.3, 0.4) is 0 Å². The van der Waals surface area contributed by atoms with Crippen LogP contribution in [0.4, 0.5) is 0 Å². The van der Waals surface area contributed by atoms with E-state index in [4.69, 9.17) is 5.11 Å². The van der Waals surface area contributed by atoms with Crippen LogP contribution in [0.15, 0.2) is 29.2 Å². The van der Waals surface area contributed by atoms with Gasteiger partial charge >= 0.3 is 5.97 Å². The fourth-order valence-corrected chi connectivity index (χ4v) is 2.96. The molecule has 2 rings (SSSR count). The highest BCUT2D eigenvalue weighted by molar-refractivity contribution is 7.91. The van der Waals surface area contributed by atoms with E-state index in [0.29, 0.717) is 0 Å². The van der Waals surface area contributed by atoms with Gasteiger partial charge in [0.25, 0.3) is 5.91 Å². The predicted molar refractivity (Wildman–Crippen MR) is 75.8 cm³/mol. The van der Waals surface area contributed by atoms with E-state index in [1.807, 2.05) is 0 Å². The van der Waals surface area contributed by atoms with Gasteiger partial charge in [0.2, 0.25) is 0 Å². The summed E-state index contributed by atoms with van der Waals surface area (Å²) in [5.74, 6) is -1.72. The summed E-state index contributed by atoms with van der Waals surface area (Å²) >= 11 is 0. The summed E-state index contributed by atoms with van der Waals surface area (Å²) in [7, 11) is -3.40. The van der Waals surface area contributed by atoms with E-state index in [9.17, 15) is 18.0 Å². The molecular formula is C14H17NO5S. The number of rotatable bonds is 6. The Hall–Kier alpha value is -1.89. The molecule has 0 saturated heterocycles. The zero-order chi connectivity index (χ0) is 15.6. The quantitative estimate of drug-likeness (QED) is 0.818. The van der Waals surface area contributed by atoms with Crippen LogP contribution in [0.25, 0.3) is 0 Å². The summed E-state index contributed by atoms with van der Waals surface area (Å²) in [5.41, 5.74) is 0.149. The molecule has 7 heteroatoms. The summed E-state index contributed by atoms with van der Waals surface area (Å²) in [6, 6.07) is 4.73. The van der Waals surface area contributed by atoms with Gasteiger partial charge in [0, 0.05) is 5.56 Å². The fraction of sp³-hybridized carbons (Fsp3) is 0.429. The van der Waals surface area contributed by atoms with Gasteiger partial charge in [0.1, 0.15) is 6.04 Å². The Kier molecular flexibility index (Phi) is 4.32. The van der Waals surface area contributed by atoms with E-state index in [2.05, 4.69) is 5.32 Å². The molecule has 6 nitrogen and oxygen atoms in total. The summed E-state index contributed by atoms with van der Waals surface area (Å²) in [6.07, 6.45) is 1.56. The maximum absolute atomic E-state index is 12.1. The van der Waals surface area contributed by atoms with Crippen molar-refractivity contribution in [3.8, 4) is 0 Å². The Bertz CT molecular complexity index is 664. The lowest BCUT2D eigenvalue weighted by Crippen LogP contribution is -2.42. The summed E-state index contributed by atoms with van der Waals surface area (Å²) in [4.78, 5) is 23.3. The van der Waals surface area contributed by atoms with Gasteiger partial charge in [0.15, 0.2) is 9.84 Å². The third kappa shape index (κ3) is 3.60. The Labute approximate surface area is 123 Å². The van der Waals surface area contributed by atoms with E-state index < -0.39 is 27.8 Å². The molecule has 0 radical (unpaired) electrons. The molecule has 1 unspecified atom stereocenters. The van der Waals surface area contributed by atoms with Crippen LogP contribution in [-0.4, -0.2) is 37.2 Å². The molecule has 1 atom stereocenters. The third-order valence-corrected chi connectivity index (χ3v) is 5.21. The second-order valence-electron chi connectivity index (χ2n) is 5.06. The minimum Gasteiger partial charge on any atom is -0.480 e. The van der Waals surface area contributed by atoms with Crippen molar-refractivity contribution in [3.63, 3.8) is 0 Å². The summed E-state index contributed by atoms with van der Waals surface area (Å²) in [6.45, 7) is 1.52. The van der Waals surface area contributed by atoms with E-state index in [1.165, 1.54) is 31.2 Å². The van der Waals surface area contributed by atoms with E-state index in [0.717, 1.165) is 12.8 Å². The molecule has 0 aliphatic heterocycles. The second-order valence-corrected chi connectivity index (χ2v) is 7.34. The number of aliphatic carboxylic acids is 1. The average molecular weight is 311 g/mol. The molecule has 1 fully saturated rings. The molecular weight excluding hydrogens is 294 g/mol. The van der Waals surface area contributed by atoms with Crippen LogP contribution in [0.1, 0.15) is 30.1 Å². The van der Waals surface area contributed by atoms with Gasteiger partial charge in [-0.1, -0.05) is 13.0 Å². The monoisotopic (exact) mass is 311 g/mol. The van der Waals surface area contributed by atoms with E-state index in [1.54, 1.807) is 0 Å².